The molecule has 0 radical (unpaired) electrons. The van der Waals surface area contributed by atoms with Gasteiger partial charge in [-0.05, 0) is 50.1 Å². The van der Waals surface area contributed by atoms with E-state index < -0.39 is 0 Å². The van der Waals surface area contributed by atoms with Gasteiger partial charge in [0.15, 0.2) is 0 Å². The first-order valence-electron chi connectivity index (χ1n) is 8.93. The Labute approximate surface area is 149 Å². The number of pyridine rings is 1. The molecule has 3 rings (SSSR count). The highest BCUT2D eigenvalue weighted by molar-refractivity contribution is 5.97. The molecule has 1 aromatic carbocycles. The molecule has 1 fully saturated rings. The highest BCUT2D eigenvalue weighted by Crippen LogP contribution is 2.30. The third-order valence-corrected chi connectivity index (χ3v) is 4.67. The Morgan fingerprint density at radius 2 is 2.12 bits per heavy atom. The van der Waals surface area contributed by atoms with E-state index >= 15 is 0 Å². The van der Waals surface area contributed by atoms with Crippen molar-refractivity contribution in [3.63, 3.8) is 0 Å². The predicted octanol–water partition coefficient (Wildman–Crippen LogP) is 3.69. The van der Waals surface area contributed by atoms with Crippen LogP contribution in [0.25, 0.3) is 0 Å². The quantitative estimate of drug-likeness (QED) is 0.459. The van der Waals surface area contributed by atoms with Gasteiger partial charge in [-0.3, -0.25) is 15.3 Å². The Kier molecular flexibility index (Phi) is 6.01. The Balaban J connectivity index is 1.47. The van der Waals surface area contributed by atoms with Crippen molar-refractivity contribution >= 4 is 11.6 Å². The maximum atomic E-state index is 8.15. The standard InChI is InChI=1S/C20H26N4O/c1-22-17-9-3-2-8-16(17)20(21)25-15-7-14-24-13-6-11-19(24)18-10-4-5-12-23-18/h2-5,8-10,12,19,21-22H,6-7,11,13-15H2,1H3. The summed E-state index contributed by atoms with van der Waals surface area (Å²) in [6.45, 7) is 2.64. The molecule has 0 amide bonds. The van der Waals surface area contributed by atoms with Crippen LogP contribution in [0.2, 0.25) is 0 Å². The number of benzene rings is 1. The zero-order chi connectivity index (χ0) is 17.5. The second kappa shape index (κ2) is 8.62. The predicted molar refractivity (Wildman–Crippen MR) is 101 cm³/mol. The van der Waals surface area contributed by atoms with Gasteiger partial charge < -0.3 is 10.1 Å². The summed E-state index contributed by atoms with van der Waals surface area (Å²) >= 11 is 0. The molecule has 1 atom stereocenters. The summed E-state index contributed by atoms with van der Waals surface area (Å²) in [6, 6.07) is 14.3. The number of hydrogen-bond acceptors (Lipinski definition) is 5. The van der Waals surface area contributed by atoms with Crippen LogP contribution >= 0.6 is 0 Å². The minimum absolute atomic E-state index is 0.229. The minimum atomic E-state index is 0.229. The molecule has 1 aliphatic heterocycles. The Hall–Kier alpha value is -2.40. The lowest BCUT2D eigenvalue weighted by atomic mass is 10.1. The molecule has 25 heavy (non-hydrogen) atoms. The number of likely N-dealkylation sites (tertiary alicyclic amines) is 1. The van der Waals surface area contributed by atoms with Crippen LogP contribution < -0.4 is 5.32 Å². The van der Waals surface area contributed by atoms with Gasteiger partial charge in [-0.2, -0.15) is 0 Å². The molecule has 1 aromatic heterocycles. The summed E-state index contributed by atoms with van der Waals surface area (Å²) in [7, 11) is 1.86. The molecular weight excluding hydrogens is 312 g/mol. The molecule has 2 aromatic rings. The molecule has 0 aliphatic carbocycles. The fraction of sp³-hybridized carbons (Fsp3) is 0.400. The first kappa shape index (κ1) is 17.4. The van der Waals surface area contributed by atoms with E-state index in [2.05, 4.69) is 27.3 Å². The van der Waals surface area contributed by atoms with Gasteiger partial charge in [0.2, 0.25) is 5.90 Å². The average Bonchev–Trinajstić information content (AvgIpc) is 3.14. The van der Waals surface area contributed by atoms with Gasteiger partial charge in [-0.25, -0.2) is 0 Å². The third-order valence-electron chi connectivity index (χ3n) is 4.67. The molecule has 1 unspecified atom stereocenters. The van der Waals surface area contributed by atoms with Gasteiger partial charge in [-0.15, -0.1) is 0 Å². The van der Waals surface area contributed by atoms with E-state index in [4.69, 9.17) is 10.1 Å². The first-order valence-corrected chi connectivity index (χ1v) is 8.93. The fourth-order valence-corrected chi connectivity index (χ4v) is 3.42. The summed E-state index contributed by atoms with van der Waals surface area (Å²) in [5.74, 6) is 0.229. The van der Waals surface area contributed by atoms with Crippen molar-refractivity contribution in [2.45, 2.75) is 25.3 Å². The maximum absolute atomic E-state index is 8.15. The van der Waals surface area contributed by atoms with Crippen LogP contribution in [0.4, 0.5) is 5.69 Å². The Morgan fingerprint density at radius 3 is 2.92 bits per heavy atom. The van der Waals surface area contributed by atoms with Crippen molar-refractivity contribution in [2.75, 3.05) is 32.1 Å². The highest BCUT2D eigenvalue weighted by atomic mass is 16.5. The largest absolute Gasteiger partial charge is 0.478 e. The van der Waals surface area contributed by atoms with Crippen LogP contribution in [0.3, 0.4) is 0 Å². The van der Waals surface area contributed by atoms with Crippen LogP contribution in [0.5, 0.6) is 0 Å². The zero-order valence-electron chi connectivity index (χ0n) is 14.7. The first-order chi connectivity index (χ1) is 12.3. The number of rotatable bonds is 7. The van der Waals surface area contributed by atoms with Crippen LogP contribution in [0, 0.1) is 5.41 Å². The van der Waals surface area contributed by atoms with Crippen molar-refractivity contribution in [1.82, 2.24) is 9.88 Å². The van der Waals surface area contributed by atoms with Crippen molar-refractivity contribution in [2.24, 2.45) is 0 Å². The number of anilines is 1. The molecule has 0 saturated carbocycles. The second-order valence-electron chi connectivity index (χ2n) is 6.28. The topological polar surface area (TPSA) is 61.2 Å². The van der Waals surface area contributed by atoms with E-state index in [9.17, 15) is 0 Å². The van der Waals surface area contributed by atoms with E-state index in [1.165, 1.54) is 12.8 Å². The molecular formula is C20H26N4O. The monoisotopic (exact) mass is 338 g/mol. The minimum Gasteiger partial charge on any atom is -0.478 e. The summed E-state index contributed by atoms with van der Waals surface area (Å²) in [5, 5.41) is 11.2. The summed E-state index contributed by atoms with van der Waals surface area (Å²) < 4.78 is 5.67. The van der Waals surface area contributed by atoms with Gasteiger partial charge in [0.05, 0.1) is 23.9 Å². The van der Waals surface area contributed by atoms with Crippen LogP contribution in [0.15, 0.2) is 48.7 Å². The van der Waals surface area contributed by atoms with Crippen LogP contribution in [-0.2, 0) is 4.74 Å². The lowest BCUT2D eigenvalue weighted by molar-refractivity contribution is 0.215. The lowest BCUT2D eigenvalue weighted by Crippen LogP contribution is -2.26. The molecule has 1 aliphatic rings. The summed E-state index contributed by atoms with van der Waals surface area (Å²) in [5.41, 5.74) is 2.89. The number of ether oxygens (including phenoxy) is 1. The third kappa shape index (κ3) is 4.37. The van der Waals surface area contributed by atoms with Crippen molar-refractivity contribution in [3.8, 4) is 0 Å². The number of hydrogen-bond donors (Lipinski definition) is 2. The van der Waals surface area contributed by atoms with E-state index in [0.717, 1.165) is 36.5 Å². The lowest BCUT2D eigenvalue weighted by Gasteiger charge is -2.24. The van der Waals surface area contributed by atoms with Crippen molar-refractivity contribution < 1.29 is 4.74 Å². The highest BCUT2D eigenvalue weighted by Gasteiger charge is 2.26. The smallest absolute Gasteiger partial charge is 0.215 e. The SMILES string of the molecule is CNc1ccccc1C(=N)OCCCN1CCCC1c1ccccn1. The number of para-hydroxylation sites is 1. The van der Waals surface area contributed by atoms with Gasteiger partial charge in [0.1, 0.15) is 0 Å². The second-order valence-corrected chi connectivity index (χ2v) is 6.28. The molecule has 1 saturated heterocycles. The normalized spacial score (nSPS) is 17.4. The fourth-order valence-electron chi connectivity index (χ4n) is 3.42. The maximum Gasteiger partial charge on any atom is 0.215 e. The van der Waals surface area contributed by atoms with Crippen LogP contribution in [-0.4, -0.2) is 42.5 Å². The number of nitrogens with one attached hydrogen (secondary N) is 2. The molecule has 132 valence electrons. The van der Waals surface area contributed by atoms with Crippen LogP contribution in [0.1, 0.15) is 36.6 Å². The van der Waals surface area contributed by atoms with E-state index in [1.807, 2.05) is 43.6 Å². The number of aromatic nitrogens is 1. The molecule has 5 heteroatoms. The summed E-state index contributed by atoms with van der Waals surface area (Å²) in [6.07, 6.45) is 5.17. The zero-order valence-corrected chi connectivity index (χ0v) is 14.7. The van der Waals surface area contributed by atoms with Gasteiger partial charge >= 0.3 is 0 Å². The molecule has 0 bridgehead atoms. The summed E-state index contributed by atoms with van der Waals surface area (Å²) in [4.78, 5) is 7.00. The Morgan fingerprint density at radius 1 is 1.28 bits per heavy atom. The van der Waals surface area contributed by atoms with Gasteiger partial charge in [0.25, 0.3) is 0 Å². The Bertz CT molecular complexity index is 689. The van der Waals surface area contributed by atoms with Crippen molar-refractivity contribution in [3.05, 3.63) is 59.9 Å². The van der Waals surface area contributed by atoms with Crippen molar-refractivity contribution in [1.29, 1.82) is 5.41 Å². The van der Waals surface area contributed by atoms with E-state index in [1.54, 1.807) is 0 Å². The molecule has 0 spiro atoms. The average molecular weight is 338 g/mol. The van der Waals surface area contributed by atoms with Gasteiger partial charge in [-0.1, -0.05) is 18.2 Å². The molecule has 5 nitrogen and oxygen atoms in total. The van der Waals surface area contributed by atoms with E-state index in [0.29, 0.717) is 12.6 Å². The molecule has 2 heterocycles. The van der Waals surface area contributed by atoms with E-state index in [-0.39, 0.29) is 5.90 Å². The van der Waals surface area contributed by atoms with Gasteiger partial charge in [0, 0.05) is 25.5 Å². The molecule has 2 N–H and O–H groups in total. The number of nitrogens with zero attached hydrogens (tertiary/aromatic N) is 2.